The molecular formula is CBr2ClO. The molecule has 0 aromatic carbocycles. The molecule has 0 bridgehead atoms. The van der Waals surface area contributed by atoms with Crippen LogP contribution in [0.3, 0.4) is 0 Å². The molecule has 0 aromatic heterocycles. The normalized spacial score (nSPS) is 12.0. The van der Waals surface area contributed by atoms with E-state index in [9.17, 15) is 5.11 Å². The number of rotatable bonds is 0. The second kappa shape index (κ2) is 1.78. The summed E-state index contributed by atoms with van der Waals surface area (Å²) >= 11 is 9.81. The van der Waals surface area contributed by atoms with Crippen LogP contribution >= 0.6 is 43.5 Å². The summed E-state index contributed by atoms with van der Waals surface area (Å²) in [5.74, 6) is 0. The van der Waals surface area contributed by atoms with Gasteiger partial charge in [0.25, 0.3) is 2.88 Å². The van der Waals surface area contributed by atoms with Crippen molar-refractivity contribution < 1.29 is 5.11 Å². The molecule has 0 aliphatic rings. The summed E-state index contributed by atoms with van der Waals surface area (Å²) in [5, 5.41) is 9.70. The molecule has 1 nitrogen and oxygen atoms in total. The summed E-state index contributed by atoms with van der Waals surface area (Å²) in [6, 6.07) is 0. The summed E-state index contributed by atoms with van der Waals surface area (Å²) in [6.45, 7) is 0. The molecule has 0 saturated heterocycles. The van der Waals surface area contributed by atoms with E-state index in [4.69, 9.17) is 11.6 Å². The minimum absolute atomic E-state index is 1.65. The Morgan fingerprint density at radius 3 is 1.60 bits per heavy atom. The van der Waals surface area contributed by atoms with E-state index in [1.807, 2.05) is 0 Å². The Balaban J connectivity index is 3.02. The van der Waals surface area contributed by atoms with Crippen molar-refractivity contribution in [3.8, 4) is 0 Å². The number of hydrogen-bond acceptors (Lipinski definition) is 0. The Morgan fingerprint density at radius 2 is 1.60 bits per heavy atom. The molecule has 0 unspecified atom stereocenters. The Bertz CT molecular complexity index is 25.1. The lowest BCUT2D eigenvalue weighted by atomic mass is 11.7. The minimum atomic E-state index is -1.65. The molecule has 0 atom stereocenters. The standard InChI is InChI=1S/CBr2ClO/c2-1(3,4)5. The van der Waals surface area contributed by atoms with Gasteiger partial charge >= 0.3 is 0 Å². The summed E-state index contributed by atoms with van der Waals surface area (Å²) in [4.78, 5) is 0. The van der Waals surface area contributed by atoms with E-state index < -0.39 is 2.88 Å². The Kier molecular flexibility index (Phi) is 2.21. The van der Waals surface area contributed by atoms with Crippen molar-refractivity contribution in [1.82, 2.24) is 0 Å². The van der Waals surface area contributed by atoms with Gasteiger partial charge in [0.15, 0.2) is 0 Å². The van der Waals surface area contributed by atoms with Crippen LogP contribution in [0, 0.1) is 0 Å². The van der Waals surface area contributed by atoms with Crippen LogP contribution in [0.2, 0.25) is 0 Å². The third-order valence-corrected chi connectivity index (χ3v) is 0. The van der Waals surface area contributed by atoms with Crippen LogP contribution in [0.15, 0.2) is 0 Å². The zero-order valence-corrected chi connectivity index (χ0v) is 5.97. The molecule has 0 saturated carbocycles. The van der Waals surface area contributed by atoms with E-state index in [-0.39, 0.29) is 0 Å². The second-order valence-electron chi connectivity index (χ2n) is 0.446. The maximum absolute atomic E-state index is 9.70. The molecule has 0 fully saturated rings. The highest BCUT2D eigenvalue weighted by Gasteiger charge is 2.12. The highest BCUT2D eigenvalue weighted by Crippen LogP contribution is 2.26. The monoisotopic (exact) mass is 221 g/mol. The predicted molar refractivity (Wildman–Crippen MR) is 27.1 cm³/mol. The minimum Gasteiger partial charge on any atom is -0.186 e. The van der Waals surface area contributed by atoms with E-state index in [1.54, 1.807) is 0 Å². The molecule has 0 N–H and O–H groups in total. The Hall–Kier alpha value is 1.21. The summed E-state index contributed by atoms with van der Waals surface area (Å²) in [6.07, 6.45) is 0. The molecule has 0 spiro atoms. The van der Waals surface area contributed by atoms with Crippen molar-refractivity contribution in [2.75, 3.05) is 0 Å². The average Bonchev–Trinajstić information content (AvgIpc) is 0.722. The van der Waals surface area contributed by atoms with Crippen molar-refractivity contribution in [2.45, 2.75) is 2.88 Å². The number of halogens is 3. The third kappa shape index (κ3) is 36.7. The lowest BCUT2D eigenvalue weighted by Crippen LogP contribution is -1.89. The molecule has 0 aliphatic carbocycles. The first-order valence-corrected chi connectivity index (χ1v) is 2.74. The molecule has 31 valence electrons. The van der Waals surface area contributed by atoms with Crippen molar-refractivity contribution >= 4 is 43.5 Å². The van der Waals surface area contributed by atoms with Crippen molar-refractivity contribution in [3.05, 3.63) is 0 Å². The molecule has 0 aromatic rings. The van der Waals surface area contributed by atoms with Gasteiger partial charge in [-0.1, -0.05) is 11.6 Å². The molecule has 0 rings (SSSR count). The fourth-order valence-electron chi connectivity index (χ4n) is 0. The van der Waals surface area contributed by atoms with E-state index >= 15 is 0 Å². The lowest BCUT2D eigenvalue weighted by molar-refractivity contribution is 0.213. The SMILES string of the molecule is [O]C(Cl)(Br)Br. The highest BCUT2D eigenvalue weighted by molar-refractivity contribution is 9.26. The van der Waals surface area contributed by atoms with E-state index in [0.29, 0.717) is 0 Å². The largest absolute Gasteiger partial charge is 0.285 e. The van der Waals surface area contributed by atoms with Gasteiger partial charge in [0.2, 0.25) is 0 Å². The van der Waals surface area contributed by atoms with Crippen LogP contribution in [0.5, 0.6) is 0 Å². The van der Waals surface area contributed by atoms with Crippen molar-refractivity contribution in [1.29, 1.82) is 0 Å². The van der Waals surface area contributed by atoms with Gasteiger partial charge in [-0.25, -0.2) is 0 Å². The fraction of sp³-hybridized carbons (Fsp3) is 1.00. The predicted octanol–water partition coefficient (Wildman–Crippen LogP) is 2.06. The Morgan fingerprint density at radius 1 is 1.60 bits per heavy atom. The van der Waals surface area contributed by atoms with Crippen LogP contribution in [0.1, 0.15) is 0 Å². The molecule has 0 amide bonds. The van der Waals surface area contributed by atoms with Gasteiger partial charge < -0.3 is 0 Å². The van der Waals surface area contributed by atoms with Gasteiger partial charge in [0.05, 0.1) is 0 Å². The smallest absolute Gasteiger partial charge is 0.186 e. The molecule has 0 heterocycles. The van der Waals surface area contributed by atoms with Gasteiger partial charge in [0.1, 0.15) is 0 Å². The highest BCUT2D eigenvalue weighted by atomic mass is 79.9. The number of hydrogen-bond donors (Lipinski definition) is 0. The average molecular weight is 223 g/mol. The maximum Gasteiger partial charge on any atom is 0.285 e. The number of alkyl halides is 3. The summed E-state index contributed by atoms with van der Waals surface area (Å²) in [5.41, 5.74) is 0. The third-order valence-electron chi connectivity index (χ3n) is 0. The molecule has 0 aliphatic heterocycles. The van der Waals surface area contributed by atoms with Gasteiger partial charge in [-0.15, -0.1) is 0 Å². The zero-order chi connectivity index (χ0) is 4.50. The molecule has 1 radical (unpaired) electrons. The summed E-state index contributed by atoms with van der Waals surface area (Å²) < 4.78 is -1.65. The van der Waals surface area contributed by atoms with Gasteiger partial charge in [-0.3, -0.25) is 0 Å². The van der Waals surface area contributed by atoms with E-state index in [2.05, 4.69) is 31.9 Å². The van der Waals surface area contributed by atoms with Crippen molar-refractivity contribution in [2.24, 2.45) is 0 Å². The zero-order valence-electron chi connectivity index (χ0n) is 2.04. The quantitative estimate of drug-likeness (QED) is 0.560. The van der Waals surface area contributed by atoms with Gasteiger partial charge in [-0.05, 0) is 31.9 Å². The summed E-state index contributed by atoms with van der Waals surface area (Å²) in [7, 11) is 0. The van der Waals surface area contributed by atoms with Gasteiger partial charge in [-0.2, -0.15) is 5.11 Å². The Labute approximate surface area is 51.6 Å². The first kappa shape index (κ1) is 6.21. The van der Waals surface area contributed by atoms with Crippen LogP contribution in [-0.2, 0) is 5.11 Å². The van der Waals surface area contributed by atoms with E-state index in [1.165, 1.54) is 0 Å². The van der Waals surface area contributed by atoms with Crippen LogP contribution in [0.4, 0.5) is 0 Å². The molecular weight excluding hydrogens is 223 g/mol. The van der Waals surface area contributed by atoms with Crippen molar-refractivity contribution in [3.63, 3.8) is 0 Å². The topological polar surface area (TPSA) is 19.9 Å². The van der Waals surface area contributed by atoms with E-state index in [0.717, 1.165) is 0 Å². The van der Waals surface area contributed by atoms with Crippen LogP contribution < -0.4 is 0 Å². The lowest BCUT2D eigenvalue weighted by Gasteiger charge is -1.90. The maximum atomic E-state index is 9.70. The van der Waals surface area contributed by atoms with Crippen LogP contribution in [-0.4, -0.2) is 2.88 Å². The first-order chi connectivity index (χ1) is 2.00. The van der Waals surface area contributed by atoms with Gasteiger partial charge in [0, 0.05) is 0 Å². The van der Waals surface area contributed by atoms with Crippen LogP contribution in [0.25, 0.3) is 0 Å². The fourth-order valence-corrected chi connectivity index (χ4v) is 0. The first-order valence-electron chi connectivity index (χ1n) is 0.771. The molecule has 5 heavy (non-hydrogen) atoms. The molecule has 4 heteroatoms. The second-order valence-corrected chi connectivity index (χ2v) is 5.19.